The summed E-state index contributed by atoms with van der Waals surface area (Å²) in [6.45, 7) is 4.42. The summed E-state index contributed by atoms with van der Waals surface area (Å²) in [5.74, 6) is 1.84. The van der Waals surface area contributed by atoms with Gasteiger partial charge in [-0.25, -0.2) is 18.4 Å². The molecule has 1 aliphatic heterocycles. The largest absolute Gasteiger partial charge is 0.364 e. The van der Waals surface area contributed by atoms with Gasteiger partial charge in [-0.1, -0.05) is 24.3 Å². The first kappa shape index (κ1) is 20.2. The summed E-state index contributed by atoms with van der Waals surface area (Å²) < 4.78 is 23.3. The number of fused-ring (bicyclic) bond motifs is 1. The predicted octanol–water partition coefficient (Wildman–Crippen LogP) is 2.93. The summed E-state index contributed by atoms with van der Waals surface area (Å²) in [6.07, 6.45) is 3.63. The lowest BCUT2D eigenvalue weighted by molar-refractivity contribution is 0.249. The van der Waals surface area contributed by atoms with Gasteiger partial charge in [-0.15, -0.1) is 0 Å². The highest BCUT2D eigenvalue weighted by molar-refractivity contribution is 7.90. The molecule has 2 heterocycles. The zero-order chi connectivity index (χ0) is 21.4. The number of sulfone groups is 1. The molecule has 1 saturated heterocycles. The van der Waals surface area contributed by atoms with E-state index in [0.717, 1.165) is 61.0 Å². The van der Waals surface area contributed by atoms with Gasteiger partial charge in [0.25, 0.3) is 0 Å². The standard InChI is InChI=1S/C23H27N5O2S/c1-31(29,30)19-10-6-17(7-11-19)16-27-12-14-28(15-13-27)23-22(24-18-8-9-18)25-20-4-2-3-5-21(20)26-23/h2-7,10-11,18H,8-9,12-16H2,1H3,(H,24,25). The van der Waals surface area contributed by atoms with Crippen molar-refractivity contribution >= 4 is 32.5 Å². The zero-order valence-corrected chi connectivity index (χ0v) is 18.5. The Balaban J connectivity index is 1.28. The summed E-state index contributed by atoms with van der Waals surface area (Å²) in [4.78, 5) is 14.9. The van der Waals surface area contributed by atoms with E-state index in [1.165, 1.54) is 19.1 Å². The normalized spacial score (nSPS) is 17.8. The second-order valence-electron chi connectivity index (χ2n) is 8.48. The molecule has 162 valence electrons. The van der Waals surface area contributed by atoms with Gasteiger partial charge in [-0.05, 0) is 42.7 Å². The van der Waals surface area contributed by atoms with Gasteiger partial charge in [0, 0.05) is 45.0 Å². The minimum atomic E-state index is -3.15. The molecule has 8 heteroatoms. The Morgan fingerprint density at radius 1 is 0.935 bits per heavy atom. The third-order valence-electron chi connectivity index (χ3n) is 5.90. The molecule has 2 fully saturated rings. The van der Waals surface area contributed by atoms with E-state index < -0.39 is 9.84 Å². The van der Waals surface area contributed by atoms with Crippen molar-refractivity contribution in [1.29, 1.82) is 0 Å². The van der Waals surface area contributed by atoms with Gasteiger partial charge >= 0.3 is 0 Å². The van der Waals surface area contributed by atoms with E-state index in [2.05, 4.69) is 15.1 Å². The van der Waals surface area contributed by atoms with Crippen LogP contribution in [0.1, 0.15) is 18.4 Å². The highest BCUT2D eigenvalue weighted by Crippen LogP contribution is 2.31. The van der Waals surface area contributed by atoms with Crippen LogP contribution in [0.5, 0.6) is 0 Å². The van der Waals surface area contributed by atoms with Crippen molar-refractivity contribution in [2.24, 2.45) is 0 Å². The van der Waals surface area contributed by atoms with Crippen LogP contribution in [-0.2, 0) is 16.4 Å². The third kappa shape index (κ3) is 4.65. The van der Waals surface area contributed by atoms with Gasteiger partial charge in [0.05, 0.1) is 15.9 Å². The molecular weight excluding hydrogens is 410 g/mol. The van der Waals surface area contributed by atoms with Crippen molar-refractivity contribution in [2.75, 3.05) is 42.7 Å². The molecule has 0 spiro atoms. The summed E-state index contributed by atoms with van der Waals surface area (Å²) in [6, 6.07) is 15.8. The van der Waals surface area contributed by atoms with Gasteiger partial charge in [0.15, 0.2) is 21.5 Å². The summed E-state index contributed by atoms with van der Waals surface area (Å²) in [7, 11) is -3.15. The van der Waals surface area contributed by atoms with Crippen LogP contribution in [0.25, 0.3) is 11.0 Å². The van der Waals surface area contributed by atoms with Gasteiger partial charge in [-0.3, -0.25) is 4.90 Å². The van der Waals surface area contributed by atoms with Crippen LogP contribution in [0, 0.1) is 0 Å². The average molecular weight is 438 g/mol. The number of aromatic nitrogens is 2. The van der Waals surface area contributed by atoms with E-state index in [1.54, 1.807) is 12.1 Å². The molecule has 7 nitrogen and oxygen atoms in total. The van der Waals surface area contributed by atoms with E-state index in [-0.39, 0.29) is 0 Å². The van der Waals surface area contributed by atoms with Crippen LogP contribution in [-0.4, -0.2) is 61.8 Å². The first-order valence-electron chi connectivity index (χ1n) is 10.8. The molecule has 5 rings (SSSR count). The van der Waals surface area contributed by atoms with Crippen molar-refractivity contribution in [3.8, 4) is 0 Å². The minimum absolute atomic E-state index is 0.367. The average Bonchev–Trinajstić information content (AvgIpc) is 3.58. The molecule has 1 saturated carbocycles. The Labute approximate surface area is 183 Å². The zero-order valence-electron chi connectivity index (χ0n) is 17.7. The Morgan fingerprint density at radius 2 is 1.58 bits per heavy atom. The summed E-state index contributed by atoms with van der Waals surface area (Å²) in [5, 5.41) is 3.56. The van der Waals surface area contributed by atoms with Crippen molar-refractivity contribution in [3.05, 3.63) is 54.1 Å². The predicted molar refractivity (Wildman–Crippen MR) is 123 cm³/mol. The van der Waals surface area contributed by atoms with Crippen molar-refractivity contribution in [3.63, 3.8) is 0 Å². The van der Waals surface area contributed by atoms with Crippen LogP contribution < -0.4 is 10.2 Å². The van der Waals surface area contributed by atoms with Crippen LogP contribution in [0.15, 0.2) is 53.4 Å². The highest BCUT2D eigenvalue weighted by Gasteiger charge is 2.26. The third-order valence-corrected chi connectivity index (χ3v) is 7.03. The molecule has 31 heavy (non-hydrogen) atoms. The first-order valence-corrected chi connectivity index (χ1v) is 12.6. The number of nitrogens with zero attached hydrogens (tertiary/aromatic N) is 4. The lowest BCUT2D eigenvalue weighted by Crippen LogP contribution is -2.46. The summed E-state index contributed by atoms with van der Waals surface area (Å²) >= 11 is 0. The van der Waals surface area contributed by atoms with Crippen molar-refractivity contribution in [2.45, 2.75) is 30.3 Å². The minimum Gasteiger partial charge on any atom is -0.364 e. The molecule has 0 unspecified atom stereocenters. The van der Waals surface area contributed by atoms with Gasteiger partial charge in [-0.2, -0.15) is 0 Å². The van der Waals surface area contributed by atoms with Gasteiger partial charge < -0.3 is 10.2 Å². The number of hydrogen-bond acceptors (Lipinski definition) is 7. The Morgan fingerprint density at radius 3 is 2.19 bits per heavy atom. The SMILES string of the molecule is CS(=O)(=O)c1ccc(CN2CCN(c3nc4ccccc4nc3NC3CC3)CC2)cc1. The molecule has 2 aliphatic rings. The fourth-order valence-corrected chi connectivity index (χ4v) is 4.58. The number of rotatable bonds is 6. The van der Waals surface area contributed by atoms with Gasteiger partial charge in [0.2, 0.25) is 0 Å². The smallest absolute Gasteiger partial charge is 0.175 e. The lowest BCUT2D eigenvalue weighted by atomic mass is 10.2. The number of benzene rings is 2. The van der Waals surface area contributed by atoms with Crippen LogP contribution >= 0.6 is 0 Å². The topological polar surface area (TPSA) is 78.4 Å². The maximum atomic E-state index is 11.7. The molecule has 1 N–H and O–H groups in total. The quantitative estimate of drug-likeness (QED) is 0.635. The number of anilines is 2. The van der Waals surface area contributed by atoms with E-state index in [9.17, 15) is 8.42 Å². The Kier molecular flexibility index (Phi) is 5.27. The number of hydrogen-bond donors (Lipinski definition) is 1. The molecule has 0 radical (unpaired) electrons. The molecule has 2 aromatic carbocycles. The Bertz CT molecular complexity index is 1180. The maximum absolute atomic E-state index is 11.7. The Hall–Kier alpha value is -2.71. The fraction of sp³-hybridized carbons (Fsp3) is 0.391. The first-order chi connectivity index (χ1) is 15.0. The van der Waals surface area contributed by atoms with Gasteiger partial charge in [0.1, 0.15) is 0 Å². The lowest BCUT2D eigenvalue weighted by Gasteiger charge is -2.36. The molecule has 0 bridgehead atoms. The van der Waals surface area contributed by atoms with E-state index in [0.29, 0.717) is 10.9 Å². The molecule has 0 atom stereocenters. The molecule has 3 aromatic rings. The van der Waals surface area contributed by atoms with Crippen LogP contribution in [0.4, 0.5) is 11.6 Å². The van der Waals surface area contributed by atoms with E-state index in [1.807, 2.05) is 36.4 Å². The molecular formula is C23H27N5O2S. The highest BCUT2D eigenvalue weighted by atomic mass is 32.2. The summed E-state index contributed by atoms with van der Waals surface area (Å²) in [5.41, 5.74) is 2.97. The fourth-order valence-electron chi connectivity index (χ4n) is 3.95. The van der Waals surface area contributed by atoms with Crippen LogP contribution in [0.2, 0.25) is 0 Å². The molecule has 0 amide bonds. The number of nitrogens with one attached hydrogen (secondary N) is 1. The molecule has 1 aromatic heterocycles. The second kappa shape index (κ2) is 8.09. The van der Waals surface area contributed by atoms with E-state index in [4.69, 9.17) is 9.97 Å². The van der Waals surface area contributed by atoms with Crippen LogP contribution in [0.3, 0.4) is 0 Å². The van der Waals surface area contributed by atoms with Crippen molar-refractivity contribution in [1.82, 2.24) is 14.9 Å². The second-order valence-corrected chi connectivity index (χ2v) is 10.5. The molecule has 1 aliphatic carbocycles. The van der Waals surface area contributed by atoms with E-state index >= 15 is 0 Å². The monoisotopic (exact) mass is 437 g/mol. The number of para-hydroxylation sites is 2. The number of piperazine rings is 1. The van der Waals surface area contributed by atoms with Crippen molar-refractivity contribution < 1.29 is 8.42 Å². The maximum Gasteiger partial charge on any atom is 0.175 e.